The van der Waals surface area contributed by atoms with Gasteiger partial charge in [-0.05, 0) is 34.1 Å². The van der Waals surface area contributed by atoms with Crippen molar-refractivity contribution in [2.45, 2.75) is 71.8 Å². The van der Waals surface area contributed by atoms with Gasteiger partial charge in [0.15, 0.2) is 0 Å². The van der Waals surface area contributed by atoms with Crippen molar-refractivity contribution in [3.8, 4) is 6.07 Å². The van der Waals surface area contributed by atoms with Crippen LogP contribution in [0.2, 0.25) is 0 Å². The van der Waals surface area contributed by atoms with Gasteiger partial charge in [0.05, 0.1) is 39.3 Å². The fraction of sp³-hybridized carbons (Fsp3) is 0.867. The first-order valence-corrected chi connectivity index (χ1v) is 8.71. The van der Waals surface area contributed by atoms with Crippen LogP contribution in [0.4, 0.5) is 0 Å². The van der Waals surface area contributed by atoms with Crippen molar-refractivity contribution in [2.75, 3.05) is 13.2 Å². The van der Waals surface area contributed by atoms with Crippen molar-refractivity contribution < 1.29 is 15.2 Å². The monoisotopic (exact) mass is 317 g/mol. The molecule has 0 saturated carbocycles. The van der Waals surface area contributed by atoms with E-state index in [1.807, 2.05) is 6.92 Å². The Labute approximate surface area is 131 Å². The van der Waals surface area contributed by atoms with Crippen LogP contribution in [-0.2, 0) is 13.8 Å². The maximum atomic E-state index is 8.71. The maximum absolute atomic E-state index is 8.71. The van der Waals surface area contributed by atoms with Gasteiger partial charge in [-0.15, -0.1) is 0 Å². The van der Waals surface area contributed by atoms with Crippen LogP contribution in [0, 0.1) is 17.8 Å². The minimum absolute atomic E-state index is 0.103. The summed E-state index contributed by atoms with van der Waals surface area (Å²) in [5, 5.41) is 8.71. The van der Waals surface area contributed by atoms with Gasteiger partial charge in [-0.3, -0.25) is 0 Å². The molecule has 1 fully saturated rings. The number of rotatable bonds is 9. The first-order chi connectivity index (χ1) is 10.4. The Hall–Kier alpha value is -0.240. The highest BCUT2D eigenvalue weighted by Gasteiger charge is 2.35. The Kier molecular flexibility index (Phi) is 7.92. The zero-order valence-electron chi connectivity index (χ0n) is 14.7. The van der Waals surface area contributed by atoms with E-state index >= 15 is 0 Å². The molecular weight excluding hydrogens is 287 g/mol. The number of ether oxygens (including phenoxy) is 1. The van der Waals surface area contributed by atoms with Gasteiger partial charge in [0.25, 0.3) is 8.53 Å². The number of nitrogens with zero attached hydrogens (tertiary/aromatic N) is 2. The molecule has 5 nitrogen and oxygen atoms in total. The van der Waals surface area contributed by atoms with Crippen LogP contribution in [0.5, 0.6) is 0 Å². The lowest BCUT2D eigenvalue weighted by Gasteiger charge is -2.37. The van der Waals surface area contributed by atoms with Gasteiger partial charge in [0.1, 0.15) is 0 Å². The number of hydrogen-bond donors (Lipinski definition) is 0. The standard InChI is InChI=1S/C15H28N2O3P/c1-6-14-15(8-11-18-14)20-21(19-10-7-9-16)17(12(2)3)13(4)5/h8,12-15H,6-7,10-11H2,1-5H3/i11T. The Bertz CT molecular complexity index is 357. The van der Waals surface area contributed by atoms with Crippen LogP contribution >= 0.6 is 8.53 Å². The zero-order chi connectivity index (χ0) is 16.7. The summed E-state index contributed by atoms with van der Waals surface area (Å²) in [5.41, 5.74) is 0. The van der Waals surface area contributed by atoms with E-state index in [0.29, 0.717) is 13.0 Å². The van der Waals surface area contributed by atoms with E-state index in [4.69, 9.17) is 20.4 Å². The Morgan fingerprint density at radius 1 is 1.48 bits per heavy atom. The van der Waals surface area contributed by atoms with E-state index in [9.17, 15) is 0 Å². The van der Waals surface area contributed by atoms with E-state index in [1.54, 1.807) is 6.42 Å². The average molecular weight is 317 g/mol. The number of nitriles is 1. The summed E-state index contributed by atoms with van der Waals surface area (Å²) >= 11 is 0. The molecule has 0 aliphatic carbocycles. The maximum Gasteiger partial charge on any atom is 0.259 e. The van der Waals surface area contributed by atoms with Crippen molar-refractivity contribution in [1.82, 2.24) is 4.67 Å². The van der Waals surface area contributed by atoms with Crippen LogP contribution in [0.3, 0.4) is 0 Å². The first-order valence-electron chi connectivity index (χ1n) is 8.16. The topological polar surface area (TPSA) is 54.7 Å². The first kappa shape index (κ1) is 17.1. The highest BCUT2D eigenvalue weighted by molar-refractivity contribution is 7.44. The van der Waals surface area contributed by atoms with Crippen molar-refractivity contribution in [3.05, 3.63) is 6.42 Å². The molecule has 1 saturated heterocycles. The molecule has 6 heteroatoms. The second-order valence-corrected chi connectivity index (χ2v) is 6.93. The van der Waals surface area contributed by atoms with Crippen molar-refractivity contribution >= 4 is 8.53 Å². The van der Waals surface area contributed by atoms with E-state index in [-0.39, 0.29) is 24.3 Å². The van der Waals surface area contributed by atoms with Gasteiger partial charge in [0, 0.05) is 18.5 Å². The molecule has 0 bridgehead atoms. The second kappa shape index (κ2) is 9.71. The van der Waals surface area contributed by atoms with Crippen LogP contribution in [0.15, 0.2) is 0 Å². The molecular formula is C15H28N2O3P. The van der Waals surface area contributed by atoms with Crippen molar-refractivity contribution in [3.63, 3.8) is 0 Å². The lowest BCUT2D eigenvalue weighted by atomic mass is 10.1. The van der Waals surface area contributed by atoms with Gasteiger partial charge in [0.2, 0.25) is 0 Å². The molecule has 1 rings (SSSR count). The summed E-state index contributed by atoms with van der Waals surface area (Å²) in [4.78, 5) is 0. The predicted molar refractivity (Wildman–Crippen MR) is 84.4 cm³/mol. The highest BCUT2D eigenvalue weighted by atomic mass is 31.2. The Morgan fingerprint density at radius 3 is 2.67 bits per heavy atom. The highest BCUT2D eigenvalue weighted by Crippen LogP contribution is 2.48. The lowest BCUT2D eigenvalue weighted by molar-refractivity contribution is 0.0422. The van der Waals surface area contributed by atoms with E-state index in [2.05, 4.69) is 38.4 Å². The fourth-order valence-corrected chi connectivity index (χ4v) is 3.97. The third kappa shape index (κ3) is 5.81. The molecule has 0 spiro atoms. The van der Waals surface area contributed by atoms with Crippen LogP contribution in [0.25, 0.3) is 0 Å². The van der Waals surface area contributed by atoms with E-state index < -0.39 is 15.1 Å². The minimum Gasteiger partial charge on any atom is -0.375 e. The normalized spacial score (nSPS) is 28.1. The molecule has 0 N–H and O–H groups in total. The predicted octanol–water partition coefficient (Wildman–Crippen LogP) is 3.66. The molecule has 1 heterocycles. The second-order valence-electron chi connectivity index (χ2n) is 5.53. The fourth-order valence-electron chi connectivity index (χ4n) is 2.26. The zero-order valence-corrected chi connectivity index (χ0v) is 14.5. The smallest absolute Gasteiger partial charge is 0.259 e. The molecule has 0 aromatic heterocycles. The van der Waals surface area contributed by atoms with Gasteiger partial charge in [-0.2, -0.15) is 5.26 Å². The summed E-state index contributed by atoms with van der Waals surface area (Å²) in [6, 6.07) is 2.62. The largest absolute Gasteiger partial charge is 0.375 e. The van der Waals surface area contributed by atoms with Crippen molar-refractivity contribution in [1.29, 1.82) is 5.26 Å². The summed E-state index contributed by atoms with van der Waals surface area (Å²) < 4.78 is 27.5. The van der Waals surface area contributed by atoms with Gasteiger partial charge < -0.3 is 13.8 Å². The Morgan fingerprint density at radius 2 is 2.14 bits per heavy atom. The molecule has 1 aliphatic heterocycles. The van der Waals surface area contributed by atoms with Gasteiger partial charge in [-0.25, -0.2) is 4.67 Å². The molecule has 121 valence electrons. The van der Waals surface area contributed by atoms with Gasteiger partial charge >= 0.3 is 0 Å². The number of hydrogen-bond acceptors (Lipinski definition) is 5. The SMILES string of the molecule is [3H]C1[CH]C(OP(OCCC#N)N(C(C)C)C(C)C)C(CC)O1. The van der Waals surface area contributed by atoms with Crippen LogP contribution < -0.4 is 0 Å². The molecule has 0 aromatic rings. The quantitative estimate of drug-likeness (QED) is 0.480. The molecule has 0 aromatic carbocycles. The van der Waals surface area contributed by atoms with E-state index in [1.165, 1.54) is 0 Å². The minimum atomic E-state index is -1.29. The average Bonchev–Trinajstić information content (AvgIpc) is 2.78. The molecule has 21 heavy (non-hydrogen) atoms. The lowest BCUT2D eigenvalue weighted by Crippen LogP contribution is -2.35. The Balaban J connectivity index is 2.78. The van der Waals surface area contributed by atoms with Crippen LogP contribution in [0.1, 0.15) is 48.8 Å². The molecule has 1 radical (unpaired) electrons. The molecule has 4 atom stereocenters. The molecule has 0 amide bonds. The summed E-state index contributed by atoms with van der Waals surface area (Å²) in [5.74, 6) is 0. The summed E-state index contributed by atoms with van der Waals surface area (Å²) in [6.45, 7) is 10.1. The summed E-state index contributed by atoms with van der Waals surface area (Å²) in [6.07, 6.45) is 2.57. The molecule has 4 unspecified atom stereocenters. The summed E-state index contributed by atoms with van der Waals surface area (Å²) in [7, 11) is -1.29. The molecule has 1 aliphatic rings. The van der Waals surface area contributed by atoms with Crippen molar-refractivity contribution in [2.24, 2.45) is 0 Å². The van der Waals surface area contributed by atoms with Crippen LogP contribution in [-0.4, -0.2) is 42.2 Å². The third-order valence-electron chi connectivity index (χ3n) is 3.16. The third-order valence-corrected chi connectivity index (χ3v) is 5.29. The van der Waals surface area contributed by atoms with E-state index in [0.717, 1.165) is 6.42 Å². The van der Waals surface area contributed by atoms with Gasteiger partial charge in [-0.1, -0.05) is 6.92 Å².